The minimum absolute atomic E-state index is 0.0615. The van der Waals surface area contributed by atoms with Crippen LogP contribution in [-0.4, -0.2) is 47.1 Å². The number of hydrogen-bond donors (Lipinski definition) is 2. The highest BCUT2D eigenvalue weighted by Gasteiger charge is 2.34. The third-order valence-corrected chi connectivity index (χ3v) is 4.53. The summed E-state index contributed by atoms with van der Waals surface area (Å²) < 4.78 is 0. The average Bonchev–Trinajstić information content (AvgIpc) is 2.47. The summed E-state index contributed by atoms with van der Waals surface area (Å²) in [4.78, 5) is 24.9. The monoisotopic (exact) mass is 282 g/mol. The first-order valence-electron chi connectivity index (χ1n) is 7.86. The lowest BCUT2D eigenvalue weighted by molar-refractivity contribution is -0.146. The van der Waals surface area contributed by atoms with Crippen molar-refractivity contribution in [3.63, 3.8) is 0 Å². The molecule has 0 bridgehead atoms. The van der Waals surface area contributed by atoms with E-state index in [1.54, 1.807) is 4.90 Å². The van der Waals surface area contributed by atoms with Crippen molar-refractivity contribution in [2.24, 2.45) is 5.92 Å². The summed E-state index contributed by atoms with van der Waals surface area (Å²) in [7, 11) is 0. The van der Waals surface area contributed by atoms with E-state index in [0.29, 0.717) is 32.0 Å². The lowest BCUT2D eigenvalue weighted by Crippen LogP contribution is -2.54. The van der Waals surface area contributed by atoms with Crippen LogP contribution in [0.4, 0.5) is 0 Å². The summed E-state index contributed by atoms with van der Waals surface area (Å²) in [5.41, 5.74) is 0. The molecule has 2 unspecified atom stereocenters. The average molecular weight is 282 g/mol. The van der Waals surface area contributed by atoms with Gasteiger partial charge in [-0.15, -0.1) is 0 Å². The molecule has 2 atom stereocenters. The third kappa shape index (κ3) is 3.95. The number of nitrogens with zero attached hydrogens (tertiary/aromatic N) is 1. The van der Waals surface area contributed by atoms with Crippen LogP contribution in [-0.2, 0) is 9.59 Å². The Hall–Kier alpha value is -1.10. The molecule has 1 amide bonds. The zero-order valence-corrected chi connectivity index (χ0v) is 12.3. The Morgan fingerprint density at radius 1 is 1.15 bits per heavy atom. The van der Waals surface area contributed by atoms with Gasteiger partial charge in [-0.25, -0.2) is 0 Å². The summed E-state index contributed by atoms with van der Waals surface area (Å²) in [5, 5.41) is 12.9. The van der Waals surface area contributed by atoms with E-state index in [4.69, 9.17) is 0 Å². The maximum absolute atomic E-state index is 11.9. The number of carboxylic acid groups (broad SMARTS) is 1. The van der Waals surface area contributed by atoms with E-state index in [-0.39, 0.29) is 11.9 Å². The molecule has 1 aliphatic carbocycles. The Balaban J connectivity index is 1.95. The molecule has 0 spiro atoms. The first-order chi connectivity index (χ1) is 9.60. The molecule has 0 aromatic heterocycles. The number of piperidine rings is 1. The maximum Gasteiger partial charge on any atom is 0.308 e. The molecule has 5 nitrogen and oxygen atoms in total. The highest BCUT2D eigenvalue weighted by atomic mass is 16.4. The molecule has 0 radical (unpaired) electrons. The van der Waals surface area contributed by atoms with E-state index in [2.05, 4.69) is 5.32 Å². The van der Waals surface area contributed by atoms with Gasteiger partial charge in [0.25, 0.3) is 0 Å². The van der Waals surface area contributed by atoms with E-state index >= 15 is 0 Å². The highest BCUT2D eigenvalue weighted by Crippen LogP contribution is 2.22. The predicted molar refractivity (Wildman–Crippen MR) is 76.4 cm³/mol. The summed E-state index contributed by atoms with van der Waals surface area (Å²) in [5.74, 6) is -1.15. The lowest BCUT2D eigenvalue weighted by atomic mass is 9.90. The Labute approximate surface area is 120 Å². The summed E-state index contributed by atoms with van der Waals surface area (Å²) in [6.45, 7) is 2.86. The molecular formula is C15H26N2O3. The standard InChI is InChI=1S/C15H26N2O3/c1-2-14(18)17-9-11(15(19)20)8-13(10-17)16-12-6-4-3-5-7-12/h11-13,16H,2-10H2,1H3,(H,19,20). The predicted octanol–water partition coefficient (Wildman–Crippen LogP) is 1.62. The third-order valence-electron chi connectivity index (χ3n) is 4.53. The van der Waals surface area contributed by atoms with Crippen molar-refractivity contribution in [2.75, 3.05) is 13.1 Å². The van der Waals surface area contributed by atoms with Gasteiger partial charge >= 0.3 is 5.97 Å². The van der Waals surface area contributed by atoms with Crippen LogP contribution in [0.25, 0.3) is 0 Å². The number of amides is 1. The minimum atomic E-state index is -0.783. The molecule has 1 heterocycles. The molecule has 1 saturated carbocycles. The van der Waals surface area contributed by atoms with Crippen molar-refractivity contribution < 1.29 is 14.7 Å². The number of nitrogens with one attached hydrogen (secondary N) is 1. The Morgan fingerprint density at radius 2 is 1.85 bits per heavy atom. The first-order valence-corrected chi connectivity index (χ1v) is 7.86. The number of rotatable bonds is 4. The zero-order chi connectivity index (χ0) is 14.5. The van der Waals surface area contributed by atoms with Crippen molar-refractivity contribution in [2.45, 2.75) is 64.0 Å². The van der Waals surface area contributed by atoms with E-state index < -0.39 is 11.9 Å². The normalized spacial score (nSPS) is 28.4. The van der Waals surface area contributed by atoms with Crippen molar-refractivity contribution in [3.8, 4) is 0 Å². The summed E-state index contributed by atoms with van der Waals surface area (Å²) in [6.07, 6.45) is 7.25. The summed E-state index contributed by atoms with van der Waals surface area (Å²) >= 11 is 0. The van der Waals surface area contributed by atoms with Crippen molar-refractivity contribution >= 4 is 11.9 Å². The molecule has 0 aromatic rings. The second-order valence-electron chi connectivity index (χ2n) is 6.12. The van der Waals surface area contributed by atoms with Gasteiger partial charge < -0.3 is 15.3 Å². The molecule has 114 valence electrons. The molecule has 2 rings (SSSR count). The van der Waals surface area contributed by atoms with E-state index in [9.17, 15) is 14.7 Å². The number of carbonyl (C=O) groups is 2. The Morgan fingerprint density at radius 3 is 2.45 bits per heavy atom. The van der Waals surface area contributed by atoms with Crippen LogP contribution in [0.3, 0.4) is 0 Å². The van der Waals surface area contributed by atoms with Crippen LogP contribution >= 0.6 is 0 Å². The van der Waals surface area contributed by atoms with Crippen molar-refractivity contribution in [1.82, 2.24) is 10.2 Å². The van der Waals surface area contributed by atoms with Crippen molar-refractivity contribution in [1.29, 1.82) is 0 Å². The van der Waals surface area contributed by atoms with Crippen LogP contribution in [0.5, 0.6) is 0 Å². The fourth-order valence-corrected chi connectivity index (χ4v) is 3.43. The maximum atomic E-state index is 11.9. The molecule has 2 fully saturated rings. The van der Waals surface area contributed by atoms with Crippen LogP contribution in [0.1, 0.15) is 51.9 Å². The highest BCUT2D eigenvalue weighted by molar-refractivity contribution is 5.77. The fourth-order valence-electron chi connectivity index (χ4n) is 3.43. The van der Waals surface area contributed by atoms with Crippen LogP contribution < -0.4 is 5.32 Å². The second-order valence-corrected chi connectivity index (χ2v) is 6.12. The second kappa shape index (κ2) is 7.07. The van der Waals surface area contributed by atoms with Crippen LogP contribution in [0, 0.1) is 5.92 Å². The molecule has 5 heteroatoms. The van der Waals surface area contributed by atoms with Gasteiger partial charge in [-0.2, -0.15) is 0 Å². The fraction of sp³-hybridized carbons (Fsp3) is 0.867. The number of hydrogen-bond acceptors (Lipinski definition) is 3. The molecule has 2 aliphatic rings. The Bertz CT molecular complexity index is 353. The van der Waals surface area contributed by atoms with Gasteiger partial charge in [0, 0.05) is 31.6 Å². The van der Waals surface area contributed by atoms with E-state index in [1.165, 1.54) is 32.1 Å². The van der Waals surface area contributed by atoms with E-state index in [1.807, 2.05) is 6.92 Å². The number of aliphatic carboxylic acids is 1. The van der Waals surface area contributed by atoms with Gasteiger partial charge in [0.05, 0.1) is 5.92 Å². The molecule has 1 aliphatic heterocycles. The van der Waals surface area contributed by atoms with Crippen LogP contribution in [0.15, 0.2) is 0 Å². The molecule has 1 saturated heterocycles. The number of carboxylic acids is 1. The van der Waals surface area contributed by atoms with Gasteiger partial charge in [0.2, 0.25) is 5.91 Å². The molecule has 20 heavy (non-hydrogen) atoms. The zero-order valence-electron chi connectivity index (χ0n) is 12.3. The largest absolute Gasteiger partial charge is 0.481 e. The van der Waals surface area contributed by atoms with Crippen molar-refractivity contribution in [3.05, 3.63) is 0 Å². The number of carbonyl (C=O) groups excluding carboxylic acids is 1. The summed E-state index contributed by atoms with van der Waals surface area (Å²) in [6, 6.07) is 0.628. The Kier molecular flexibility index (Phi) is 5.40. The SMILES string of the molecule is CCC(=O)N1CC(NC2CCCCC2)CC(C(=O)O)C1. The molecular weight excluding hydrogens is 256 g/mol. The quantitative estimate of drug-likeness (QED) is 0.822. The number of likely N-dealkylation sites (tertiary alicyclic amines) is 1. The van der Waals surface area contributed by atoms with Gasteiger partial charge in [-0.3, -0.25) is 9.59 Å². The van der Waals surface area contributed by atoms with Crippen LogP contribution in [0.2, 0.25) is 0 Å². The van der Waals surface area contributed by atoms with Gasteiger partial charge in [0.15, 0.2) is 0 Å². The van der Waals surface area contributed by atoms with E-state index in [0.717, 1.165) is 0 Å². The van der Waals surface area contributed by atoms with Gasteiger partial charge in [-0.1, -0.05) is 26.2 Å². The topological polar surface area (TPSA) is 69.6 Å². The first kappa shape index (κ1) is 15.3. The minimum Gasteiger partial charge on any atom is -0.481 e. The smallest absolute Gasteiger partial charge is 0.308 e. The lowest BCUT2D eigenvalue weighted by Gasteiger charge is -2.39. The molecule has 0 aromatic carbocycles. The van der Waals surface area contributed by atoms with Gasteiger partial charge in [-0.05, 0) is 19.3 Å². The van der Waals surface area contributed by atoms with Gasteiger partial charge in [0.1, 0.15) is 0 Å². The molecule has 2 N–H and O–H groups in total.